The first-order chi connectivity index (χ1) is 16.8. The molecule has 6 heteroatoms. The molecule has 5 nitrogen and oxygen atoms in total. The summed E-state index contributed by atoms with van der Waals surface area (Å²) in [5, 5.41) is 0. The second-order valence-electron chi connectivity index (χ2n) is 8.22. The minimum absolute atomic E-state index is 0.188. The number of methoxy groups -OCH3 is 1. The highest BCUT2D eigenvalue weighted by Gasteiger charge is 2.48. The van der Waals surface area contributed by atoms with Crippen LogP contribution in [0, 0.1) is 0 Å². The van der Waals surface area contributed by atoms with Crippen LogP contribution in [0.15, 0.2) is 91.0 Å². The average molecular weight is 574 g/mol. The van der Waals surface area contributed by atoms with Crippen LogP contribution in [0.2, 0.25) is 0 Å². The van der Waals surface area contributed by atoms with Gasteiger partial charge in [0.1, 0.15) is 18.3 Å². The van der Waals surface area contributed by atoms with E-state index in [-0.39, 0.29) is 18.3 Å². The van der Waals surface area contributed by atoms with Crippen molar-refractivity contribution in [3.63, 3.8) is 0 Å². The Labute approximate surface area is 215 Å². The largest absolute Gasteiger partial charge is 0.368 e. The minimum Gasteiger partial charge on any atom is -0.368 e. The summed E-state index contributed by atoms with van der Waals surface area (Å²) >= 11 is 2.33. The molecule has 1 aliphatic heterocycles. The van der Waals surface area contributed by atoms with Gasteiger partial charge in [-0.05, 0) is 16.7 Å². The van der Waals surface area contributed by atoms with Crippen LogP contribution in [0.25, 0.3) is 0 Å². The SMILES string of the molecule is CO[C@@H]1O[C@H](CI)[C@@H](OCc2ccccc2)[C@H](OCc2ccccc2)[C@H]1OCc1ccccc1. The van der Waals surface area contributed by atoms with Gasteiger partial charge in [-0.2, -0.15) is 0 Å². The molecular weight excluding hydrogens is 543 g/mol. The second-order valence-corrected chi connectivity index (χ2v) is 9.10. The summed E-state index contributed by atoms with van der Waals surface area (Å²) in [5.41, 5.74) is 3.28. The van der Waals surface area contributed by atoms with E-state index in [1.165, 1.54) is 0 Å². The lowest BCUT2D eigenvalue weighted by atomic mass is 9.98. The molecular formula is C28H31IO5. The highest BCUT2D eigenvalue weighted by Crippen LogP contribution is 2.31. The molecule has 4 rings (SSSR count). The molecule has 3 aromatic carbocycles. The minimum atomic E-state index is -0.555. The van der Waals surface area contributed by atoms with Crippen LogP contribution in [-0.2, 0) is 43.5 Å². The molecule has 3 aromatic rings. The van der Waals surface area contributed by atoms with E-state index in [0.29, 0.717) is 19.8 Å². The molecule has 0 N–H and O–H groups in total. The number of benzene rings is 3. The monoisotopic (exact) mass is 574 g/mol. The van der Waals surface area contributed by atoms with Crippen LogP contribution in [0.4, 0.5) is 0 Å². The number of ether oxygens (including phenoxy) is 5. The molecule has 0 radical (unpaired) electrons. The Morgan fingerprint density at radius 1 is 0.618 bits per heavy atom. The molecule has 0 saturated carbocycles. The molecule has 0 aliphatic carbocycles. The summed E-state index contributed by atoms with van der Waals surface area (Å²) < 4.78 is 32.2. The topological polar surface area (TPSA) is 46.2 Å². The third-order valence-electron chi connectivity index (χ3n) is 5.83. The summed E-state index contributed by atoms with van der Waals surface area (Å²) in [4.78, 5) is 0. The smallest absolute Gasteiger partial charge is 0.186 e. The predicted molar refractivity (Wildman–Crippen MR) is 140 cm³/mol. The van der Waals surface area contributed by atoms with Crippen molar-refractivity contribution in [1.29, 1.82) is 0 Å². The van der Waals surface area contributed by atoms with Crippen molar-refractivity contribution in [3.05, 3.63) is 108 Å². The third-order valence-corrected chi connectivity index (χ3v) is 6.70. The van der Waals surface area contributed by atoms with Gasteiger partial charge in [0.05, 0.1) is 25.9 Å². The van der Waals surface area contributed by atoms with Gasteiger partial charge in [0.15, 0.2) is 6.29 Å². The van der Waals surface area contributed by atoms with Crippen molar-refractivity contribution in [2.24, 2.45) is 0 Å². The Balaban J connectivity index is 1.56. The number of hydrogen-bond donors (Lipinski definition) is 0. The Morgan fingerprint density at radius 2 is 1.03 bits per heavy atom. The molecule has 5 atom stereocenters. The van der Waals surface area contributed by atoms with Gasteiger partial charge in [-0.3, -0.25) is 0 Å². The third kappa shape index (κ3) is 6.87. The number of hydrogen-bond acceptors (Lipinski definition) is 5. The zero-order chi connectivity index (χ0) is 23.6. The molecule has 0 aromatic heterocycles. The predicted octanol–water partition coefficient (Wildman–Crippen LogP) is 5.55. The first-order valence-electron chi connectivity index (χ1n) is 11.5. The zero-order valence-electron chi connectivity index (χ0n) is 19.3. The molecule has 34 heavy (non-hydrogen) atoms. The van der Waals surface area contributed by atoms with Crippen LogP contribution in [0.3, 0.4) is 0 Å². The molecule has 180 valence electrons. The van der Waals surface area contributed by atoms with Gasteiger partial charge in [-0.25, -0.2) is 0 Å². The van der Waals surface area contributed by atoms with Crippen LogP contribution in [-0.4, -0.2) is 42.2 Å². The fourth-order valence-electron chi connectivity index (χ4n) is 4.06. The van der Waals surface area contributed by atoms with Crippen molar-refractivity contribution in [2.45, 2.75) is 50.5 Å². The van der Waals surface area contributed by atoms with Crippen LogP contribution < -0.4 is 0 Å². The van der Waals surface area contributed by atoms with E-state index in [1.54, 1.807) is 7.11 Å². The van der Waals surface area contributed by atoms with Crippen LogP contribution in [0.5, 0.6) is 0 Å². The molecule has 1 heterocycles. The normalized spacial score (nSPS) is 24.7. The maximum absolute atomic E-state index is 6.52. The van der Waals surface area contributed by atoms with Gasteiger partial charge in [0, 0.05) is 11.5 Å². The molecule has 1 saturated heterocycles. The highest BCUT2D eigenvalue weighted by atomic mass is 127. The van der Waals surface area contributed by atoms with Gasteiger partial charge in [-0.15, -0.1) is 0 Å². The number of rotatable bonds is 11. The van der Waals surface area contributed by atoms with E-state index in [4.69, 9.17) is 23.7 Å². The summed E-state index contributed by atoms with van der Waals surface area (Å²) in [6, 6.07) is 30.4. The quantitative estimate of drug-likeness (QED) is 0.222. The second kappa shape index (κ2) is 13.3. The standard InChI is InChI=1S/C28H31IO5/c1-30-28-27(33-20-23-15-9-4-10-16-23)26(32-19-22-13-7-3-8-14-22)25(24(17-29)34-28)31-18-21-11-5-2-6-12-21/h2-16,24-28H,17-20H2,1H3/t24-,25-,26+,27-,28-/m1/s1. The summed E-state index contributed by atoms with van der Waals surface area (Å²) in [6.45, 7) is 1.35. The fraction of sp³-hybridized carbons (Fsp3) is 0.357. The van der Waals surface area contributed by atoms with Gasteiger partial charge in [0.25, 0.3) is 0 Å². The van der Waals surface area contributed by atoms with Crippen molar-refractivity contribution < 1.29 is 23.7 Å². The summed E-state index contributed by atoms with van der Waals surface area (Å²) in [5.74, 6) is 0. The van der Waals surface area contributed by atoms with E-state index < -0.39 is 12.4 Å². The molecule has 0 unspecified atom stereocenters. The van der Waals surface area contributed by atoms with Gasteiger partial charge in [-0.1, -0.05) is 114 Å². The summed E-state index contributed by atoms with van der Waals surface area (Å²) in [6.07, 6.45) is -1.87. The Hall–Kier alpha value is -1.81. The van der Waals surface area contributed by atoms with Crippen molar-refractivity contribution >= 4 is 22.6 Å². The van der Waals surface area contributed by atoms with Crippen LogP contribution >= 0.6 is 22.6 Å². The molecule has 1 aliphatic rings. The Kier molecular flexibility index (Phi) is 9.91. The Morgan fingerprint density at radius 3 is 1.44 bits per heavy atom. The van der Waals surface area contributed by atoms with Crippen LogP contribution in [0.1, 0.15) is 16.7 Å². The first-order valence-corrected chi connectivity index (χ1v) is 13.0. The zero-order valence-corrected chi connectivity index (χ0v) is 21.5. The maximum atomic E-state index is 6.52. The lowest BCUT2D eigenvalue weighted by molar-refractivity contribution is -0.313. The van der Waals surface area contributed by atoms with Crippen molar-refractivity contribution in [2.75, 3.05) is 11.5 Å². The van der Waals surface area contributed by atoms with Crippen molar-refractivity contribution in [1.82, 2.24) is 0 Å². The van der Waals surface area contributed by atoms with Gasteiger partial charge in [0.2, 0.25) is 0 Å². The fourth-order valence-corrected chi connectivity index (χ4v) is 4.77. The van der Waals surface area contributed by atoms with Gasteiger partial charge >= 0.3 is 0 Å². The molecule has 1 fully saturated rings. The van der Waals surface area contributed by atoms with E-state index in [2.05, 4.69) is 46.9 Å². The van der Waals surface area contributed by atoms with Crippen molar-refractivity contribution in [3.8, 4) is 0 Å². The van der Waals surface area contributed by atoms with E-state index in [0.717, 1.165) is 21.1 Å². The Bertz CT molecular complexity index is 899. The number of halogens is 1. The summed E-state index contributed by atoms with van der Waals surface area (Å²) in [7, 11) is 1.65. The first kappa shape index (κ1) is 25.3. The lowest BCUT2D eigenvalue weighted by Crippen LogP contribution is -2.61. The van der Waals surface area contributed by atoms with E-state index in [1.807, 2.05) is 66.7 Å². The molecule has 0 bridgehead atoms. The molecule has 0 amide bonds. The molecule has 0 spiro atoms. The van der Waals surface area contributed by atoms with Gasteiger partial charge < -0.3 is 23.7 Å². The average Bonchev–Trinajstić information content (AvgIpc) is 2.91. The number of alkyl halides is 1. The maximum Gasteiger partial charge on any atom is 0.186 e. The highest BCUT2D eigenvalue weighted by molar-refractivity contribution is 14.1. The van der Waals surface area contributed by atoms with E-state index >= 15 is 0 Å². The van der Waals surface area contributed by atoms with E-state index in [9.17, 15) is 0 Å². The lowest BCUT2D eigenvalue weighted by Gasteiger charge is -2.45.